The third kappa shape index (κ3) is 1.14. The van der Waals surface area contributed by atoms with Crippen LogP contribution in [0.25, 0.3) is 0 Å². The van der Waals surface area contributed by atoms with Crippen LogP contribution in [0.1, 0.15) is 17.4 Å². The van der Waals surface area contributed by atoms with E-state index < -0.39 is 5.91 Å². The lowest BCUT2D eigenvalue weighted by molar-refractivity contribution is 0.0996. The Hall–Kier alpha value is -1.59. The van der Waals surface area contributed by atoms with Crippen LogP contribution in [0.2, 0.25) is 0 Å². The number of carbonyl (C=O) groups excluding carboxylic acids is 1. The summed E-state index contributed by atoms with van der Waals surface area (Å²) in [4.78, 5) is 10.6. The number of anilines is 1. The fraction of sp³-hybridized carbons (Fsp3) is 0.400. The second kappa shape index (κ2) is 2.57. The van der Waals surface area contributed by atoms with Crippen molar-refractivity contribution >= 4 is 11.7 Å². The largest absolute Gasteiger partial charge is 0.382 e. The number of hydrogen-bond donors (Lipinski definition) is 2. The van der Waals surface area contributed by atoms with E-state index in [1.165, 1.54) is 4.68 Å². The normalized spacial score (nSPS) is 9.91. The molecule has 4 N–H and O–H groups in total. The first-order valence-electron chi connectivity index (χ1n) is 3.15. The van der Waals surface area contributed by atoms with Crippen LogP contribution in [0.3, 0.4) is 0 Å². The number of hydrogen-bond acceptors (Lipinski definition) is 4. The molecule has 0 bridgehead atoms. The highest BCUT2D eigenvalue weighted by Gasteiger charge is 2.12. The predicted molar refractivity (Wildman–Crippen MR) is 38.6 cm³/mol. The number of amides is 1. The molecule has 6 heteroatoms. The Morgan fingerprint density at radius 2 is 2.36 bits per heavy atom. The molecular formula is C5H9N5O. The van der Waals surface area contributed by atoms with Crippen molar-refractivity contribution in [3.05, 3.63) is 5.69 Å². The number of rotatable bonds is 2. The fourth-order valence-electron chi connectivity index (χ4n) is 0.729. The van der Waals surface area contributed by atoms with Gasteiger partial charge < -0.3 is 11.5 Å². The highest BCUT2D eigenvalue weighted by Crippen LogP contribution is 2.05. The molecule has 1 heterocycles. The summed E-state index contributed by atoms with van der Waals surface area (Å²) >= 11 is 0. The zero-order valence-electron chi connectivity index (χ0n) is 6.11. The second-order valence-corrected chi connectivity index (χ2v) is 2.00. The van der Waals surface area contributed by atoms with Crippen LogP contribution in [0.4, 0.5) is 5.82 Å². The molecule has 0 saturated carbocycles. The van der Waals surface area contributed by atoms with Gasteiger partial charge in [0.2, 0.25) is 0 Å². The molecule has 0 saturated heterocycles. The molecule has 1 amide bonds. The second-order valence-electron chi connectivity index (χ2n) is 2.00. The van der Waals surface area contributed by atoms with Gasteiger partial charge in [-0.15, -0.1) is 5.10 Å². The van der Waals surface area contributed by atoms with Crippen LogP contribution >= 0.6 is 0 Å². The standard InChI is InChI=1S/C5H9N5O/c1-2-10-4(6)3(5(7)11)8-9-10/h2,6H2,1H3,(H2,7,11). The van der Waals surface area contributed by atoms with E-state index in [1.807, 2.05) is 6.92 Å². The van der Waals surface area contributed by atoms with Gasteiger partial charge in [-0.2, -0.15) is 0 Å². The SMILES string of the molecule is CCn1nnc(C(N)=O)c1N. The van der Waals surface area contributed by atoms with Crippen molar-refractivity contribution < 1.29 is 4.79 Å². The molecule has 0 fully saturated rings. The monoisotopic (exact) mass is 155 g/mol. The number of primary amides is 1. The van der Waals surface area contributed by atoms with Crippen molar-refractivity contribution in [3.63, 3.8) is 0 Å². The Balaban J connectivity index is 3.10. The van der Waals surface area contributed by atoms with Gasteiger partial charge in [0, 0.05) is 6.54 Å². The van der Waals surface area contributed by atoms with Crippen molar-refractivity contribution in [1.29, 1.82) is 0 Å². The minimum Gasteiger partial charge on any atom is -0.382 e. The number of carbonyl (C=O) groups is 1. The molecule has 0 aliphatic rings. The minimum atomic E-state index is -0.651. The molecule has 0 unspecified atom stereocenters. The molecule has 0 spiro atoms. The van der Waals surface area contributed by atoms with Crippen molar-refractivity contribution in [2.24, 2.45) is 5.73 Å². The molecule has 0 aromatic carbocycles. The van der Waals surface area contributed by atoms with Crippen LogP contribution in [-0.4, -0.2) is 20.9 Å². The molecular weight excluding hydrogens is 146 g/mol. The van der Waals surface area contributed by atoms with Crippen LogP contribution in [-0.2, 0) is 6.54 Å². The summed E-state index contributed by atoms with van der Waals surface area (Å²) in [5.74, 6) is -0.429. The fourth-order valence-corrected chi connectivity index (χ4v) is 0.729. The lowest BCUT2D eigenvalue weighted by Gasteiger charge is -1.95. The van der Waals surface area contributed by atoms with Gasteiger partial charge in [-0.25, -0.2) is 4.68 Å². The highest BCUT2D eigenvalue weighted by molar-refractivity contribution is 5.94. The minimum absolute atomic E-state index is 0.0341. The number of nitrogen functional groups attached to an aromatic ring is 1. The van der Waals surface area contributed by atoms with Gasteiger partial charge in [0.15, 0.2) is 11.5 Å². The van der Waals surface area contributed by atoms with Gasteiger partial charge in [0.1, 0.15) is 0 Å². The average molecular weight is 155 g/mol. The predicted octanol–water partition coefficient (Wildman–Crippen LogP) is -1.02. The number of aryl methyl sites for hydroxylation is 1. The first-order valence-corrected chi connectivity index (χ1v) is 3.15. The summed E-state index contributed by atoms with van der Waals surface area (Å²) in [6.45, 7) is 2.42. The zero-order chi connectivity index (χ0) is 8.43. The topological polar surface area (TPSA) is 99.8 Å². The smallest absolute Gasteiger partial charge is 0.273 e. The third-order valence-corrected chi connectivity index (χ3v) is 1.31. The summed E-state index contributed by atoms with van der Waals surface area (Å²) in [5.41, 5.74) is 10.4. The lowest BCUT2D eigenvalue weighted by Crippen LogP contribution is -2.14. The van der Waals surface area contributed by atoms with E-state index >= 15 is 0 Å². The van der Waals surface area contributed by atoms with E-state index in [4.69, 9.17) is 11.5 Å². The summed E-state index contributed by atoms with van der Waals surface area (Å²) in [6.07, 6.45) is 0. The van der Waals surface area contributed by atoms with Crippen LogP contribution in [0, 0.1) is 0 Å². The average Bonchev–Trinajstić information content (AvgIpc) is 2.30. The van der Waals surface area contributed by atoms with Crippen LogP contribution in [0.15, 0.2) is 0 Å². The van der Waals surface area contributed by atoms with Crippen LogP contribution in [0.5, 0.6) is 0 Å². The Labute approximate surface area is 63.2 Å². The maximum atomic E-state index is 10.6. The van der Waals surface area contributed by atoms with Crippen molar-refractivity contribution in [2.45, 2.75) is 13.5 Å². The van der Waals surface area contributed by atoms with Gasteiger partial charge in [-0.1, -0.05) is 5.21 Å². The number of nitrogens with two attached hydrogens (primary N) is 2. The number of nitrogens with zero attached hydrogens (tertiary/aromatic N) is 3. The Morgan fingerprint density at radius 3 is 2.64 bits per heavy atom. The van der Waals surface area contributed by atoms with Crippen molar-refractivity contribution in [2.75, 3.05) is 5.73 Å². The van der Waals surface area contributed by atoms with Gasteiger partial charge in [-0.05, 0) is 6.92 Å². The highest BCUT2D eigenvalue weighted by atomic mass is 16.1. The summed E-state index contributed by atoms with van der Waals surface area (Å²) in [6, 6.07) is 0. The summed E-state index contributed by atoms with van der Waals surface area (Å²) in [7, 11) is 0. The van der Waals surface area contributed by atoms with Gasteiger partial charge in [0.05, 0.1) is 0 Å². The maximum Gasteiger partial charge on any atom is 0.273 e. The Morgan fingerprint density at radius 1 is 1.73 bits per heavy atom. The zero-order valence-corrected chi connectivity index (χ0v) is 6.11. The van der Waals surface area contributed by atoms with E-state index in [9.17, 15) is 4.79 Å². The van der Waals surface area contributed by atoms with Crippen LogP contribution < -0.4 is 11.5 Å². The van der Waals surface area contributed by atoms with E-state index in [2.05, 4.69) is 10.3 Å². The molecule has 1 aromatic rings. The first-order chi connectivity index (χ1) is 5.16. The van der Waals surface area contributed by atoms with E-state index in [0.29, 0.717) is 6.54 Å². The molecule has 0 aliphatic carbocycles. The lowest BCUT2D eigenvalue weighted by atomic mass is 10.4. The first kappa shape index (κ1) is 7.52. The molecule has 0 radical (unpaired) electrons. The maximum absolute atomic E-state index is 10.6. The summed E-state index contributed by atoms with van der Waals surface area (Å²) < 4.78 is 1.40. The van der Waals surface area contributed by atoms with E-state index in [1.54, 1.807) is 0 Å². The molecule has 6 nitrogen and oxygen atoms in total. The van der Waals surface area contributed by atoms with Gasteiger partial charge in [0.25, 0.3) is 5.91 Å². The molecule has 1 aromatic heterocycles. The van der Waals surface area contributed by atoms with Crippen molar-refractivity contribution in [1.82, 2.24) is 15.0 Å². The molecule has 0 aliphatic heterocycles. The Kier molecular flexibility index (Phi) is 1.75. The Bertz CT molecular complexity index is 278. The van der Waals surface area contributed by atoms with Crippen molar-refractivity contribution in [3.8, 4) is 0 Å². The van der Waals surface area contributed by atoms with E-state index in [-0.39, 0.29) is 11.5 Å². The summed E-state index contributed by atoms with van der Waals surface area (Å²) in [5, 5.41) is 7.10. The molecule has 60 valence electrons. The molecule has 1 rings (SSSR count). The van der Waals surface area contributed by atoms with Gasteiger partial charge >= 0.3 is 0 Å². The molecule has 11 heavy (non-hydrogen) atoms. The van der Waals surface area contributed by atoms with E-state index in [0.717, 1.165) is 0 Å². The quantitative estimate of drug-likeness (QED) is 0.570. The third-order valence-electron chi connectivity index (χ3n) is 1.31. The molecule has 0 atom stereocenters. The number of aromatic nitrogens is 3. The van der Waals surface area contributed by atoms with Gasteiger partial charge in [-0.3, -0.25) is 4.79 Å².